The first-order valence-corrected chi connectivity index (χ1v) is 5.32. The van der Waals surface area contributed by atoms with Gasteiger partial charge in [0.15, 0.2) is 5.78 Å². The van der Waals surface area contributed by atoms with Gasteiger partial charge >= 0.3 is 0 Å². The van der Waals surface area contributed by atoms with Gasteiger partial charge in [0.05, 0.1) is 13.2 Å². The molecule has 0 spiro atoms. The molecule has 0 saturated carbocycles. The highest BCUT2D eigenvalue weighted by molar-refractivity contribution is 5.98. The van der Waals surface area contributed by atoms with Crippen molar-refractivity contribution in [2.75, 3.05) is 26.9 Å². The second-order valence-electron chi connectivity index (χ2n) is 3.79. The highest BCUT2D eigenvalue weighted by atomic mass is 16.5. The summed E-state index contributed by atoms with van der Waals surface area (Å²) in [7, 11) is 1.61. The van der Waals surface area contributed by atoms with E-state index in [9.17, 15) is 4.79 Å². The molecule has 1 aromatic carbocycles. The number of carbonyl (C=O) groups is 1. The molecule has 0 saturated heterocycles. The summed E-state index contributed by atoms with van der Waals surface area (Å²) in [5.74, 6) is 0.0219. The Hall–Kier alpha value is -1.19. The van der Waals surface area contributed by atoms with Gasteiger partial charge in [-0.05, 0) is 19.4 Å². The monoisotopic (exact) mass is 222 g/mol. The van der Waals surface area contributed by atoms with Gasteiger partial charge in [-0.1, -0.05) is 23.8 Å². The number of ketones is 1. The van der Waals surface area contributed by atoms with Crippen LogP contribution in [0.15, 0.2) is 18.2 Å². The lowest BCUT2D eigenvalue weighted by molar-refractivity contribution is 0.0576. The van der Waals surface area contributed by atoms with E-state index >= 15 is 0 Å². The van der Waals surface area contributed by atoms with Gasteiger partial charge in [-0.2, -0.15) is 0 Å². The van der Waals surface area contributed by atoms with E-state index in [0.29, 0.717) is 13.2 Å². The van der Waals surface area contributed by atoms with Gasteiger partial charge in [0, 0.05) is 12.7 Å². The van der Waals surface area contributed by atoms with Crippen molar-refractivity contribution in [3.8, 4) is 0 Å². The van der Waals surface area contributed by atoms with Gasteiger partial charge in [-0.15, -0.1) is 0 Å². The van der Waals surface area contributed by atoms with E-state index in [2.05, 4.69) is 0 Å². The van der Waals surface area contributed by atoms with Gasteiger partial charge in [-0.25, -0.2) is 0 Å². The molecule has 0 N–H and O–H groups in total. The summed E-state index contributed by atoms with van der Waals surface area (Å²) in [6.45, 7) is 5.03. The summed E-state index contributed by atoms with van der Waals surface area (Å²) in [4.78, 5) is 11.8. The van der Waals surface area contributed by atoms with E-state index in [1.807, 2.05) is 32.0 Å². The van der Waals surface area contributed by atoms with Crippen LogP contribution < -0.4 is 0 Å². The average molecular weight is 222 g/mol. The van der Waals surface area contributed by atoms with Gasteiger partial charge in [0.25, 0.3) is 0 Å². The lowest BCUT2D eigenvalue weighted by atomic mass is 10.0. The van der Waals surface area contributed by atoms with E-state index in [-0.39, 0.29) is 12.4 Å². The third kappa shape index (κ3) is 3.76. The lowest BCUT2D eigenvalue weighted by Crippen LogP contribution is -2.13. The van der Waals surface area contributed by atoms with Crippen LogP contribution in [-0.4, -0.2) is 32.7 Å². The van der Waals surface area contributed by atoms with E-state index in [1.54, 1.807) is 7.11 Å². The molecule has 0 heterocycles. The van der Waals surface area contributed by atoms with Gasteiger partial charge in [0.1, 0.15) is 6.61 Å². The molecule has 1 rings (SSSR count). The number of carbonyl (C=O) groups excluding carboxylic acids is 1. The molecule has 3 nitrogen and oxygen atoms in total. The predicted molar refractivity (Wildman–Crippen MR) is 62.9 cm³/mol. The Balaban J connectivity index is 2.53. The van der Waals surface area contributed by atoms with E-state index in [1.165, 1.54) is 0 Å². The number of aryl methyl sites for hydroxylation is 2. The molecule has 3 heteroatoms. The van der Waals surface area contributed by atoms with Crippen molar-refractivity contribution in [2.24, 2.45) is 0 Å². The van der Waals surface area contributed by atoms with E-state index in [4.69, 9.17) is 9.47 Å². The summed E-state index contributed by atoms with van der Waals surface area (Å²) >= 11 is 0. The van der Waals surface area contributed by atoms with Gasteiger partial charge < -0.3 is 9.47 Å². The second kappa shape index (κ2) is 6.40. The molecular formula is C13H18O3. The molecule has 0 aliphatic rings. The highest BCUT2D eigenvalue weighted by Gasteiger charge is 2.08. The SMILES string of the molecule is COCCOCC(=O)c1ccc(C)cc1C. The molecule has 0 amide bonds. The number of ether oxygens (including phenoxy) is 2. The van der Waals surface area contributed by atoms with Crippen molar-refractivity contribution in [1.29, 1.82) is 0 Å². The Morgan fingerprint density at radius 1 is 1.25 bits per heavy atom. The molecule has 0 aliphatic heterocycles. The normalized spacial score (nSPS) is 10.4. The fraction of sp³-hybridized carbons (Fsp3) is 0.462. The van der Waals surface area contributed by atoms with Crippen LogP contribution in [0.2, 0.25) is 0 Å². The van der Waals surface area contributed by atoms with Crippen molar-refractivity contribution >= 4 is 5.78 Å². The smallest absolute Gasteiger partial charge is 0.188 e. The number of rotatable bonds is 6. The zero-order valence-corrected chi connectivity index (χ0v) is 10.1. The standard InChI is InChI=1S/C13H18O3/c1-10-4-5-12(11(2)8-10)13(14)9-16-7-6-15-3/h4-5,8H,6-7,9H2,1-3H3. The number of hydrogen-bond acceptors (Lipinski definition) is 3. The minimum absolute atomic E-state index is 0.0219. The Morgan fingerprint density at radius 2 is 2.00 bits per heavy atom. The van der Waals surface area contributed by atoms with Crippen molar-refractivity contribution in [1.82, 2.24) is 0 Å². The maximum absolute atomic E-state index is 11.8. The van der Waals surface area contributed by atoms with Crippen LogP contribution in [0.1, 0.15) is 21.5 Å². The fourth-order valence-corrected chi connectivity index (χ4v) is 1.51. The van der Waals surface area contributed by atoms with Crippen LogP contribution in [0.4, 0.5) is 0 Å². The zero-order chi connectivity index (χ0) is 12.0. The van der Waals surface area contributed by atoms with Crippen molar-refractivity contribution in [3.63, 3.8) is 0 Å². The van der Waals surface area contributed by atoms with Gasteiger partial charge in [0.2, 0.25) is 0 Å². The number of benzene rings is 1. The molecule has 0 radical (unpaired) electrons. The van der Waals surface area contributed by atoms with Gasteiger partial charge in [-0.3, -0.25) is 4.79 Å². The number of hydrogen-bond donors (Lipinski definition) is 0. The summed E-state index contributed by atoms with van der Waals surface area (Å²) < 4.78 is 10.0. The van der Waals surface area contributed by atoms with Crippen LogP contribution in [0.25, 0.3) is 0 Å². The van der Waals surface area contributed by atoms with Crippen LogP contribution >= 0.6 is 0 Å². The molecular weight excluding hydrogens is 204 g/mol. The molecule has 88 valence electrons. The van der Waals surface area contributed by atoms with Crippen LogP contribution in [0, 0.1) is 13.8 Å². The predicted octanol–water partition coefficient (Wildman–Crippen LogP) is 2.15. The quantitative estimate of drug-likeness (QED) is 0.546. The molecule has 0 aliphatic carbocycles. The minimum atomic E-state index is 0.0219. The topological polar surface area (TPSA) is 35.5 Å². The van der Waals surface area contributed by atoms with Crippen molar-refractivity contribution in [3.05, 3.63) is 34.9 Å². The van der Waals surface area contributed by atoms with Crippen LogP contribution in [-0.2, 0) is 9.47 Å². The molecule has 0 fully saturated rings. The van der Waals surface area contributed by atoms with Crippen LogP contribution in [0.5, 0.6) is 0 Å². The Bertz CT molecular complexity index is 358. The summed E-state index contributed by atoms with van der Waals surface area (Å²) in [6.07, 6.45) is 0. The Kier molecular flexibility index (Phi) is 5.15. The molecule has 0 bridgehead atoms. The Labute approximate surface area is 96.4 Å². The first-order valence-electron chi connectivity index (χ1n) is 5.32. The average Bonchev–Trinajstić information content (AvgIpc) is 2.24. The fourth-order valence-electron chi connectivity index (χ4n) is 1.51. The summed E-state index contributed by atoms with van der Waals surface area (Å²) in [5.41, 5.74) is 2.90. The zero-order valence-electron chi connectivity index (χ0n) is 10.1. The number of methoxy groups -OCH3 is 1. The minimum Gasteiger partial charge on any atom is -0.382 e. The third-order valence-electron chi connectivity index (χ3n) is 2.35. The maximum atomic E-state index is 11.8. The maximum Gasteiger partial charge on any atom is 0.188 e. The lowest BCUT2D eigenvalue weighted by Gasteiger charge is -2.06. The first kappa shape index (κ1) is 12.9. The summed E-state index contributed by atoms with van der Waals surface area (Å²) in [5, 5.41) is 0. The highest BCUT2D eigenvalue weighted by Crippen LogP contribution is 2.11. The largest absolute Gasteiger partial charge is 0.382 e. The number of Topliss-reactive ketones (excluding diaryl/α,β-unsaturated/α-hetero) is 1. The Morgan fingerprint density at radius 3 is 2.62 bits per heavy atom. The molecule has 0 atom stereocenters. The van der Waals surface area contributed by atoms with Crippen molar-refractivity contribution in [2.45, 2.75) is 13.8 Å². The molecule has 0 unspecified atom stereocenters. The van der Waals surface area contributed by atoms with Crippen LogP contribution in [0.3, 0.4) is 0 Å². The molecule has 0 aromatic heterocycles. The van der Waals surface area contributed by atoms with E-state index < -0.39 is 0 Å². The third-order valence-corrected chi connectivity index (χ3v) is 2.35. The second-order valence-corrected chi connectivity index (χ2v) is 3.79. The van der Waals surface area contributed by atoms with E-state index in [0.717, 1.165) is 16.7 Å². The first-order chi connectivity index (χ1) is 7.65. The van der Waals surface area contributed by atoms with Crippen molar-refractivity contribution < 1.29 is 14.3 Å². The summed E-state index contributed by atoms with van der Waals surface area (Å²) in [6, 6.07) is 5.80. The molecule has 1 aromatic rings. The molecule has 16 heavy (non-hydrogen) atoms.